The zero-order chi connectivity index (χ0) is 18.9. The first-order valence-electron chi connectivity index (χ1n) is 10.2. The van der Waals surface area contributed by atoms with Gasteiger partial charge in [0.1, 0.15) is 0 Å². The van der Waals surface area contributed by atoms with Crippen molar-refractivity contribution >= 4 is 5.97 Å². The minimum Gasteiger partial charge on any atom is -0.549 e. The van der Waals surface area contributed by atoms with E-state index in [0.717, 1.165) is 38.5 Å². The Morgan fingerprint density at radius 3 is 1.58 bits per heavy atom. The van der Waals surface area contributed by atoms with Crippen LogP contribution in [0.4, 0.5) is 0 Å². The maximum Gasteiger partial charge on any atom is 1.00 e. The standard InChI is InChI=1S/C22H41NO2.K/c1-5-7-9-11-13-15-17-20(3)23(19-22(24)25)21(4)18-16-14-12-10-8-6-2;/h5-6,20-21H,1-2,7-19H2,3-4H3,(H,24,25);/q;+1/p-1. The van der Waals surface area contributed by atoms with Crippen LogP contribution in [0.1, 0.15) is 90.9 Å². The summed E-state index contributed by atoms with van der Waals surface area (Å²) in [5, 5.41) is 11.1. The summed E-state index contributed by atoms with van der Waals surface area (Å²) < 4.78 is 0. The predicted molar refractivity (Wildman–Crippen MR) is 106 cm³/mol. The van der Waals surface area contributed by atoms with Gasteiger partial charge in [0.25, 0.3) is 0 Å². The van der Waals surface area contributed by atoms with Gasteiger partial charge in [-0.2, -0.15) is 0 Å². The number of carboxylic acids is 1. The van der Waals surface area contributed by atoms with E-state index in [2.05, 4.69) is 31.9 Å². The number of carbonyl (C=O) groups is 1. The van der Waals surface area contributed by atoms with Gasteiger partial charge in [-0.3, -0.25) is 4.90 Å². The topological polar surface area (TPSA) is 43.4 Å². The third-order valence-electron chi connectivity index (χ3n) is 5.00. The van der Waals surface area contributed by atoms with Crippen LogP contribution in [0.25, 0.3) is 0 Å². The van der Waals surface area contributed by atoms with Crippen LogP contribution in [-0.2, 0) is 4.79 Å². The summed E-state index contributed by atoms with van der Waals surface area (Å²) in [4.78, 5) is 13.3. The second-order valence-corrected chi connectivity index (χ2v) is 7.30. The molecule has 0 spiro atoms. The molecule has 4 heteroatoms. The van der Waals surface area contributed by atoms with Gasteiger partial charge in [0.05, 0.1) is 5.97 Å². The van der Waals surface area contributed by atoms with Crippen LogP contribution in [0.15, 0.2) is 25.3 Å². The number of rotatable bonds is 18. The zero-order valence-corrected chi connectivity index (χ0v) is 20.8. The zero-order valence-electron chi connectivity index (χ0n) is 17.7. The van der Waals surface area contributed by atoms with Crippen molar-refractivity contribution < 1.29 is 61.3 Å². The first-order chi connectivity index (χ1) is 12.0. The van der Waals surface area contributed by atoms with Crippen molar-refractivity contribution in [1.29, 1.82) is 0 Å². The summed E-state index contributed by atoms with van der Waals surface area (Å²) in [6.45, 7) is 11.9. The number of nitrogens with zero attached hydrogens (tertiary/aromatic N) is 1. The molecule has 0 aromatic carbocycles. The molecule has 0 bridgehead atoms. The Kier molecular flexibility index (Phi) is 22.4. The number of aliphatic carboxylic acids is 1. The minimum atomic E-state index is -0.962. The normalized spacial score (nSPS) is 13.0. The summed E-state index contributed by atoms with van der Waals surface area (Å²) >= 11 is 0. The first kappa shape index (κ1) is 28.8. The molecule has 0 fully saturated rings. The molecule has 0 aliphatic heterocycles. The van der Waals surface area contributed by atoms with Crippen LogP contribution < -0.4 is 56.5 Å². The van der Waals surface area contributed by atoms with Crippen LogP contribution in [0.3, 0.4) is 0 Å². The van der Waals surface area contributed by atoms with Gasteiger partial charge in [-0.1, -0.05) is 50.7 Å². The van der Waals surface area contributed by atoms with Gasteiger partial charge < -0.3 is 9.90 Å². The largest absolute Gasteiger partial charge is 1.00 e. The monoisotopic (exact) mass is 389 g/mol. The van der Waals surface area contributed by atoms with Crippen LogP contribution in [0.5, 0.6) is 0 Å². The van der Waals surface area contributed by atoms with Crippen LogP contribution in [0.2, 0.25) is 0 Å². The molecule has 0 rings (SSSR count). The van der Waals surface area contributed by atoms with E-state index < -0.39 is 5.97 Å². The van der Waals surface area contributed by atoms with Crippen molar-refractivity contribution in [3.63, 3.8) is 0 Å². The molecule has 0 saturated heterocycles. The second-order valence-electron chi connectivity index (χ2n) is 7.30. The van der Waals surface area contributed by atoms with E-state index in [0.29, 0.717) is 12.1 Å². The number of unbranched alkanes of at least 4 members (excludes halogenated alkanes) is 8. The van der Waals surface area contributed by atoms with E-state index in [1.165, 1.54) is 38.5 Å². The number of hydrogen-bond donors (Lipinski definition) is 0. The smallest absolute Gasteiger partial charge is 0.549 e. The Hall–Kier alpha value is 0.546. The summed E-state index contributed by atoms with van der Waals surface area (Å²) in [6, 6.07) is 0.598. The number of hydrogen-bond acceptors (Lipinski definition) is 3. The van der Waals surface area contributed by atoms with Gasteiger partial charge in [-0.05, 0) is 52.4 Å². The molecule has 146 valence electrons. The van der Waals surface area contributed by atoms with Crippen molar-refractivity contribution in [3.8, 4) is 0 Å². The Balaban J connectivity index is 0. The van der Waals surface area contributed by atoms with Gasteiger partial charge in [0, 0.05) is 18.6 Å². The fourth-order valence-corrected chi connectivity index (χ4v) is 3.39. The Bertz CT molecular complexity index is 334. The molecule has 0 radical (unpaired) electrons. The average Bonchev–Trinajstić information content (AvgIpc) is 2.58. The maximum atomic E-state index is 11.1. The summed E-state index contributed by atoms with van der Waals surface area (Å²) in [6.07, 6.45) is 17.9. The predicted octanol–water partition coefficient (Wildman–Crippen LogP) is 1.87. The Labute approximate surface area is 205 Å². The number of carbonyl (C=O) groups excluding carboxylic acids is 1. The van der Waals surface area contributed by atoms with E-state index >= 15 is 0 Å². The van der Waals surface area contributed by atoms with Crippen LogP contribution in [0, 0.1) is 0 Å². The van der Waals surface area contributed by atoms with Crippen molar-refractivity contribution in [3.05, 3.63) is 25.3 Å². The van der Waals surface area contributed by atoms with E-state index in [4.69, 9.17) is 0 Å². The third kappa shape index (κ3) is 16.7. The number of allylic oxidation sites excluding steroid dienone is 2. The molecular formula is C22H40KNO2. The van der Waals surface area contributed by atoms with Gasteiger partial charge in [-0.25, -0.2) is 0 Å². The average molecular weight is 390 g/mol. The van der Waals surface area contributed by atoms with Gasteiger partial charge >= 0.3 is 51.4 Å². The van der Waals surface area contributed by atoms with Crippen LogP contribution >= 0.6 is 0 Å². The molecule has 0 N–H and O–H groups in total. The van der Waals surface area contributed by atoms with E-state index in [1.54, 1.807) is 0 Å². The van der Waals surface area contributed by atoms with Gasteiger partial charge in [-0.15, -0.1) is 13.2 Å². The third-order valence-corrected chi connectivity index (χ3v) is 5.00. The molecule has 0 heterocycles. The molecule has 0 aromatic rings. The molecule has 0 aromatic heterocycles. The molecule has 2 unspecified atom stereocenters. The van der Waals surface area contributed by atoms with Gasteiger partial charge in [0.15, 0.2) is 0 Å². The van der Waals surface area contributed by atoms with Crippen molar-refractivity contribution in [2.24, 2.45) is 0 Å². The van der Waals surface area contributed by atoms with E-state index in [1.807, 2.05) is 12.2 Å². The Morgan fingerprint density at radius 2 is 1.23 bits per heavy atom. The molecule has 26 heavy (non-hydrogen) atoms. The second kappa shape index (κ2) is 20.3. The molecule has 0 saturated carbocycles. The van der Waals surface area contributed by atoms with Crippen LogP contribution in [-0.4, -0.2) is 29.5 Å². The molecule has 0 aliphatic rings. The van der Waals surface area contributed by atoms with Gasteiger partial charge in [0.2, 0.25) is 0 Å². The Morgan fingerprint density at radius 1 is 0.846 bits per heavy atom. The summed E-state index contributed by atoms with van der Waals surface area (Å²) in [5.41, 5.74) is 0. The summed E-state index contributed by atoms with van der Waals surface area (Å²) in [5.74, 6) is -0.962. The fraction of sp³-hybridized carbons (Fsp3) is 0.773. The molecule has 2 atom stereocenters. The van der Waals surface area contributed by atoms with Crippen molar-refractivity contribution in [2.75, 3.05) is 6.54 Å². The SMILES string of the molecule is C=CCCCCCCC(C)N(CC(=O)[O-])C(C)CCCCCCC=C.[K+]. The quantitative estimate of drug-likeness (QED) is 0.204. The van der Waals surface area contributed by atoms with Crippen molar-refractivity contribution in [2.45, 2.75) is 103 Å². The molecule has 0 aliphatic carbocycles. The molecule has 3 nitrogen and oxygen atoms in total. The van der Waals surface area contributed by atoms with E-state index in [9.17, 15) is 9.90 Å². The number of carboxylic acid groups (broad SMARTS) is 1. The first-order valence-corrected chi connectivity index (χ1v) is 10.2. The molecular weight excluding hydrogens is 349 g/mol. The molecule has 0 amide bonds. The van der Waals surface area contributed by atoms with Crippen molar-refractivity contribution in [1.82, 2.24) is 4.90 Å². The minimum absolute atomic E-state index is 0. The fourth-order valence-electron chi connectivity index (χ4n) is 3.39. The summed E-state index contributed by atoms with van der Waals surface area (Å²) in [7, 11) is 0. The van der Waals surface area contributed by atoms with E-state index in [-0.39, 0.29) is 57.9 Å². The maximum absolute atomic E-state index is 11.1.